The fraction of sp³-hybridized carbons (Fsp3) is 0.182. The van der Waals surface area contributed by atoms with E-state index < -0.39 is 0 Å². The summed E-state index contributed by atoms with van der Waals surface area (Å²) in [6.45, 7) is 8.07. The van der Waals surface area contributed by atoms with E-state index in [2.05, 4.69) is 38.9 Å². The summed E-state index contributed by atoms with van der Waals surface area (Å²) in [5.41, 5.74) is 3.89. The number of rotatable bonds is 6. The van der Waals surface area contributed by atoms with E-state index >= 15 is 0 Å². The maximum absolute atomic E-state index is 12.4. The van der Waals surface area contributed by atoms with Gasteiger partial charge in [-0.3, -0.25) is 4.79 Å². The highest BCUT2D eigenvalue weighted by molar-refractivity contribution is 9.10. The summed E-state index contributed by atoms with van der Waals surface area (Å²) in [7, 11) is 1.57. The average Bonchev–Trinajstić information content (AvgIpc) is 2.98. The Balaban J connectivity index is 1.87. The zero-order chi connectivity index (χ0) is 21.0. The Bertz CT molecular complexity index is 1010. The Kier molecular flexibility index (Phi) is 6.82. The molecule has 0 aromatic heterocycles. The van der Waals surface area contributed by atoms with Gasteiger partial charge in [0.15, 0.2) is 16.7 Å². The van der Waals surface area contributed by atoms with Gasteiger partial charge in [0, 0.05) is 0 Å². The van der Waals surface area contributed by atoms with Gasteiger partial charge in [-0.15, -0.1) is 0 Å². The molecule has 150 valence electrons. The van der Waals surface area contributed by atoms with Gasteiger partial charge >= 0.3 is 0 Å². The highest BCUT2D eigenvalue weighted by Gasteiger charge is 2.24. The monoisotopic (exact) mass is 472 g/mol. The van der Waals surface area contributed by atoms with Gasteiger partial charge in [0.25, 0.3) is 5.91 Å². The van der Waals surface area contributed by atoms with E-state index in [0.29, 0.717) is 28.2 Å². The largest absolute Gasteiger partial charge is 0.493 e. The molecule has 1 aliphatic heterocycles. The van der Waals surface area contributed by atoms with Crippen LogP contribution < -0.4 is 14.8 Å². The fourth-order valence-corrected chi connectivity index (χ4v) is 4.29. The van der Waals surface area contributed by atoms with Gasteiger partial charge in [0.05, 0.1) is 22.2 Å². The molecule has 0 saturated carbocycles. The maximum atomic E-state index is 12.4. The third-order valence-electron chi connectivity index (χ3n) is 3.98. The molecule has 7 heteroatoms. The molecule has 1 N–H and O–H groups in total. The van der Waals surface area contributed by atoms with Gasteiger partial charge < -0.3 is 14.8 Å². The normalized spacial score (nSPS) is 16.2. The molecule has 2 aromatic rings. The zero-order valence-electron chi connectivity index (χ0n) is 16.4. The predicted molar refractivity (Wildman–Crippen MR) is 123 cm³/mol. The number of aryl methyl sites for hydroxylation is 2. The molecule has 0 unspecified atom stereocenters. The summed E-state index contributed by atoms with van der Waals surface area (Å²) in [4.78, 5) is 17.5. The van der Waals surface area contributed by atoms with Crippen LogP contribution in [0.15, 0.2) is 57.4 Å². The van der Waals surface area contributed by atoms with Gasteiger partial charge in [-0.1, -0.05) is 18.7 Å². The van der Waals surface area contributed by atoms with E-state index in [1.807, 2.05) is 38.1 Å². The predicted octanol–water partition coefficient (Wildman–Crippen LogP) is 5.53. The first kappa shape index (κ1) is 21.2. The van der Waals surface area contributed by atoms with Crippen molar-refractivity contribution in [3.63, 3.8) is 0 Å². The third-order valence-corrected chi connectivity index (χ3v) is 5.48. The lowest BCUT2D eigenvalue weighted by molar-refractivity contribution is -0.115. The summed E-state index contributed by atoms with van der Waals surface area (Å²) in [6.07, 6.45) is 3.46. The summed E-state index contributed by atoms with van der Waals surface area (Å²) in [6, 6.07) is 9.75. The molecule has 0 aliphatic carbocycles. The van der Waals surface area contributed by atoms with Crippen molar-refractivity contribution in [1.29, 1.82) is 0 Å². The molecule has 1 saturated heterocycles. The van der Waals surface area contributed by atoms with E-state index in [9.17, 15) is 4.79 Å². The van der Waals surface area contributed by atoms with Crippen LogP contribution in [0.1, 0.15) is 16.7 Å². The maximum Gasteiger partial charge on any atom is 0.264 e. The Hall–Kier alpha value is -2.51. The number of amides is 1. The van der Waals surface area contributed by atoms with Crippen molar-refractivity contribution in [3.05, 3.63) is 69.1 Å². The highest BCUT2D eigenvalue weighted by atomic mass is 79.9. The van der Waals surface area contributed by atoms with E-state index in [4.69, 9.17) is 9.47 Å². The highest BCUT2D eigenvalue weighted by Crippen LogP contribution is 2.38. The van der Waals surface area contributed by atoms with Crippen LogP contribution in [-0.2, 0) is 4.79 Å². The van der Waals surface area contributed by atoms with Crippen molar-refractivity contribution in [2.75, 3.05) is 13.7 Å². The van der Waals surface area contributed by atoms with Crippen LogP contribution in [0.4, 0.5) is 5.69 Å². The van der Waals surface area contributed by atoms with Gasteiger partial charge in [-0.25, -0.2) is 4.99 Å². The quantitative estimate of drug-likeness (QED) is 0.443. The lowest BCUT2D eigenvalue weighted by Crippen LogP contribution is -2.19. The van der Waals surface area contributed by atoms with E-state index in [-0.39, 0.29) is 5.91 Å². The molecule has 1 aliphatic rings. The number of nitrogens with one attached hydrogen (secondary N) is 1. The van der Waals surface area contributed by atoms with Crippen LogP contribution in [0, 0.1) is 13.8 Å². The first-order valence-corrected chi connectivity index (χ1v) is 10.5. The van der Waals surface area contributed by atoms with Crippen LogP contribution in [0.25, 0.3) is 6.08 Å². The summed E-state index contributed by atoms with van der Waals surface area (Å²) in [5.74, 6) is 0.982. The number of hydrogen-bond donors (Lipinski definition) is 1. The SMILES string of the molecule is C=CCOc1c(Br)cc(C=C2SC(=Nc3cc(C)cc(C)c3)NC2=O)cc1OC. The first-order valence-electron chi connectivity index (χ1n) is 8.88. The summed E-state index contributed by atoms with van der Waals surface area (Å²) in [5, 5.41) is 3.38. The number of hydrogen-bond acceptors (Lipinski definition) is 5. The Morgan fingerprint density at radius 3 is 2.59 bits per heavy atom. The molecule has 1 heterocycles. The van der Waals surface area contributed by atoms with Crippen molar-refractivity contribution in [2.24, 2.45) is 4.99 Å². The molecule has 1 fully saturated rings. The van der Waals surface area contributed by atoms with Crippen LogP contribution in [0.5, 0.6) is 11.5 Å². The van der Waals surface area contributed by atoms with Gasteiger partial charge in [-0.2, -0.15) is 0 Å². The van der Waals surface area contributed by atoms with E-state index in [1.54, 1.807) is 19.3 Å². The van der Waals surface area contributed by atoms with Gasteiger partial charge in [-0.05, 0) is 88.6 Å². The number of nitrogens with zero attached hydrogens (tertiary/aromatic N) is 1. The zero-order valence-corrected chi connectivity index (χ0v) is 18.8. The molecule has 3 rings (SSSR count). The molecular weight excluding hydrogens is 452 g/mol. The van der Waals surface area contributed by atoms with Crippen molar-refractivity contribution in [2.45, 2.75) is 13.8 Å². The number of ether oxygens (including phenoxy) is 2. The van der Waals surface area contributed by atoms with Crippen LogP contribution >= 0.6 is 27.7 Å². The van der Waals surface area contributed by atoms with Crippen molar-refractivity contribution in [1.82, 2.24) is 5.32 Å². The number of amidine groups is 1. The van der Waals surface area contributed by atoms with Crippen LogP contribution in [-0.4, -0.2) is 24.8 Å². The average molecular weight is 473 g/mol. The minimum Gasteiger partial charge on any atom is -0.493 e. The minimum atomic E-state index is -0.180. The lowest BCUT2D eigenvalue weighted by Gasteiger charge is -2.12. The number of carbonyl (C=O) groups is 1. The van der Waals surface area contributed by atoms with Crippen LogP contribution in [0.2, 0.25) is 0 Å². The molecule has 0 spiro atoms. The fourth-order valence-electron chi connectivity index (χ4n) is 2.87. The van der Waals surface area contributed by atoms with E-state index in [0.717, 1.165) is 26.9 Å². The molecule has 0 bridgehead atoms. The number of halogens is 1. The lowest BCUT2D eigenvalue weighted by atomic mass is 10.1. The molecule has 5 nitrogen and oxygen atoms in total. The van der Waals surface area contributed by atoms with Gasteiger partial charge in [0.2, 0.25) is 0 Å². The third kappa shape index (κ3) is 5.31. The van der Waals surface area contributed by atoms with Crippen molar-refractivity contribution in [3.8, 4) is 11.5 Å². The van der Waals surface area contributed by atoms with Crippen LogP contribution in [0.3, 0.4) is 0 Å². The number of methoxy groups -OCH3 is 1. The Labute approximate surface area is 183 Å². The molecule has 2 aromatic carbocycles. The first-order chi connectivity index (χ1) is 13.9. The molecule has 1 amide bonds. The molecule has 0 atom stereocenters. The Morgan fingerprint density at radius 1 is 1.21 bits per heavy atom. The second-order valence-electron chi connectivity index (χ2n) is 6.46. The van der Waals surface area contributed by atoms with E-state index in [1.165, 1.54) is 11.8 Å². The molecule has 0 radical (unpaired) electrons. The number of thioether (sulfide) groups is 1. The summed E-state index contributed by atoms with van der Waals surface area (Å²) < 4.78 is 11.8. The standard InChI is InChI=1S/C22H21BrN2O3S/c1-5-6-28-20-17(23)10-15(11-18(20)27-4)12-19-21(26)25-22(29-19)24-16-8-13(2)7-14(3)9-16/h5,7-12H,1,6H2,2-4H3,(H,24,25,26). The Morgan fingerprint density at radius 2 is 1.93 bits per heavy atom. The smallest absolute Gasteiger partial charge is 0.264 e. The number of benzene rings is 2. The summed E-state index contributed by atoms with van der Waals surface area (Å²) >= 11 is 4.81. The van der Waals surface area contributed by atoms with Crippen molar-refractivity contribution < 1.29 is 14.3 Å². The number of carbonyl (C=O) groups excluding carboxylic acids is 1. The molecular formula is C22H21BrN2O3S. The second kappa shape index (κ2) is 9.33. The second-order valence-corrected chi connectivity index (χ2v) is 8.35. The van der Waals surface area contributed by atoms with Crippen molar-refractivity contribution >= 4 is 50.5 Å². The molecule has 29 heavy (non-hydrogen) atoms. The topological polar surface area (TPSA) is 59.9 Å². The number of aliphatic imine (C=N–C) groups is 1. The minimum absolute atomic E-state index is 0.180. The van der Waals surface area contributed by atoms with Gasteiger partial charge in [0.1, 0.15) is 6.61 Å².